The van der Waals surface area contributed by atoms with Crippen molar-refractivity contribution in [3.63, 3.8) is 0 Å². The van der Waals surface area contributed by atoms with Crippen LogP contribution in [0, 0.1) is 0 Å². The van der Waals surface area contributed by atoms with Gasteiger partial charge >= 0.3 is 0 Å². The Kier molecular flexibility index (Phi) is 5.29. The van der Waals surface area contributed by atoms with E-state index in [1.165, 1.54) is 25.7 Å². The molecule has 11 heavy (non-hydrogen) atoms. The topological polar surface area (TPSA) is 3.24 Å². The summed E-state index contributed by atoms with van der Waals surface area (Å²) in [5, 5.41) is 0.351. The molecular weight excluding hydrogens is 153 g/mol. The molecule has 0 N–H and O–H groups in total. The summed E-state index contributed by atoms with van der Waals surface area (Å²) < 4.78 is 0. The van der Waals surface area contributed by atoms with Crippen molar-refractivity contribution in [2.75, 3.05) is 14.1 Å². The first-order chi connectivity index (χ1) is 5.06. The van der Waals surface area contributed by atoms with Gasteiger partial charge in [-0.3, -0.25) is 0 Å². The lowest BCUT2D eigenvalue weighted by Gasteiger charge is -2.36. The van der Waals surface area contributed by atoms with Gasteiger partial charge in [0.25, 0.3) is 0 Å². The van der Waals surface area contributed by atoms with Gasteiger partial charge in [-0.2, -0.15) is 0 Å². The van der Waals surface area contributed by atoms with E-state index in [-0.39, 0.29) is 0 Å². The Hall–Kier alpha value is 0.390. The molecule has 0 saturated carbocycles. The van der Waals surface area contributed by atoms with E-state index in [0.717, 1.165) is 0 Å². The normalized spacial score (nSPS) is 12.5. The zero-order chi connectivity index (χ0) is 8.91. The standard InChI is InChI=1S/C9H22NP/c1-5-7-9(11,8-6-2)10(3)4/h5-8,11H2,1-4H3. The van der Waals surface area contributed by atoms with Crippen LogP contribution in [-0.4, -0.2) is 24.3 Å². The van der Waals surface area contributed by atoms with Crippen molar-refractivity contribution in [3.05, 3.63) is 0 Å². The van der Waals surface area contributed by atoms with Gasteiger partial charge in [0.2, 0.25) is 0 Å². The summed E-state index contributed by atoms with van der Waals surface area (Å²) in [6.07, 6.45) is 5.08. The van der Waals surface area contributed by atoms with Gasteiger partial charge in [-0.1, -0.05) is 26.7 Å². The first-order valence-electron chi connectivity index (χ1n) is 4.53. The van der Waals surface area contributed by atoms with Gasteiger partial charge in [-0.05, 0) is 26.9 Å². The highest BCUT2D eigenvalue weighted by Crippen LogP contribution is 2.31. The molecule has 0 spiro atoms. The van der Waals surface area contributed by atoms with E-state index in [2.05, 4.69) is 42.1 Å². The van der Waals surface area contributed by atoms with Crippen molar-refractivity contribution in [1.29, 1.82) is 0 Å². The van der Waals surface area contributed by atoms with Crippen LogP contribution in [0.15, 0.2) is 0 Å². The fourth-order valence-electron chi connectivity index (χ4n) is 1.44. The van der Waals surface area contributed by atoms with E-state index in [4.69, 9.17) is 0 Å². The number of rotatable bonds is 5. The SMILES string of the molecule is CCCC(P)(CCC)N(C)C. The van der Waals surface area contributed by atoms with Gasteiger partial charge in [0.05, 0.1) is 0 Å². The third-order valence-electron chi connectivity index (χ3n) is 2.26. The Balaban J connectivity index is 4.01. The highest BCUT2D eigenvalue weighted by atomic mass is 31.0. The van der Waals surface area contributed by atoms with Crippen LogP contribution < -0.4 is 0 Å². The van der Waals surface area contributed by atoms with Crippen molar-refractivity contribution in [1.82, 2.24) is 4.90 Å². The van der Waals surface area contributed by atoms with Crippen molar-refractivity contribution in [2.45, 2.75) is 44.8 Å². The third-order valence-corrected chi connectivity index (χ3v) is 3.35. The van der Waals surface area contributed by atoms with Crippen molar-refractivity contribution < 1.29 is 0 Å². The quantitative estimate of drug-likeness (QED) is 0.581. The van der Waals surface area contributed by atoms with E-state index in [9.17, 15) is 0 Å². The summed E-state index contributed by atoms with van der Waals surface area (Å²) in [6.45, 7) is 4.50. The molecule has 0 aliphatic carbocycles. The monoisotopic (exact) mass is 175 g/mol. The summed E-state index contributed by atoms with van der Waals surface area (Å²) in [5.74, 6) is 0. The van der Waals surface area contributed by atoms with Gasteiger partial charge in [0.15, 0.2) is 0 Å². The number of nitrogens with zero attached hydrogens (tertiary/aromatic N) is 1. The summed E-state index contributed by atoms with van der Waals surface area (Å²) in [5.41, 5.74) is 0. The molecule has 0 aromatic carbocycles. The molecule has 68 valence electrons. The average molecular weight is 175 g/mol. The second kappa shape index (κ2) is 5.11. The summed E-state index contributed by atoms with van der Waals surface area (Å²) in [6, 6.07) is 0. The van der Waals surface area contributed by atoms with Crippen molar-refractivity contribution >= 4 is 9.24 Å². The summed E-state index contributed by atoms with van der Waals surface area (Å²) >= 11 is 0. The second-order valence-electron chi connectivity index (χ2n) is 3.50. The number of hydrogen-bond donors (Lipinski definition) is 0. The van der Waals surface area contributed by atoms with Crippen LogP contribution in [0.5, 0.6) is 0 Å². The van der Waals surface area contributed by atoms with Crippen LogP contribution in [0.25, 0.3) is 0 Å². The third kappa shape index (κ3) is 3.53. The predicted octanol–water partition coefficient (Wildman–Crippen LogP) is 2.72. The first-order valence-corrected chi connectivity index (χ1v) is 5.11. The minimum Gasteiger partial charge on any atom is -0.300 e. The lowest BCUT2D eigenvalue weighted by Crippen LogP contribution is -2.37. The Bertz CT molecular complexity index is 95.7. The van der Waals surface area contributed by atoms with E-state index < -0.39 is 0 Å². The van der Waals surface area contributed by atoms with Gasteiger partial charge < -0.3 is 4.90 Å². The molecule has 1 unspecified atom stereocenters. The lowest BCUT2D eigenvalue weighted by molar-refractivity contribution is 0.223. The van der Waals surface area contributed by atoms with Gasteiger partial charge in [0, 0.05) is 5.28 Å². The minimum absolute atomic E-state index is 0.351. The zero-order valence-corrected chi connectivity index (χ0v) is 9.51. The van der Waals surface area contributed by atoms with Crippen LogP contribution in [-0.2, 0) is 0 Å². The summed E-state index contributed by atoms with van der Waals surface area (Å²) in [4.78, 5) is 2.32. The summed E-state index contributed by atoms with van der Waals surface area (Å²) in [7, 11) is 7.33. The van der Waals surface area contributed by atoms with E-state index in [0.29, 0.717) is 5.28 Å². The van der Waals surface area contributed by atoms with E-state index in [1.54, 1.807) is 0 Å². The molecular formula is C9H22NP. The molecule has 0 heterocycles. The molecule has 0 aromatic heterocycles. The largest absolute Gasteiger partial charge is 0.300 e. The van der Waals surface area contributed by atoms with E-state index >= 15 is 0 Å². The lowest BCUT2D eigenvalue weighted by atomic mass is 10.1. The second-order valence-corrected chi connectivity index (χ2v) is 4.57. The molecule has 0 rings (SSSR count). The van der Waals surface area contributed by atoms with Crippen LogP contribution in [0.4, 0.5) is 0 Å². The Morgan fingerprint density at radius 1 is 1.09 bits per heavy atom. The maximum Gasteiger partial charge on any atom is 0.0344 e. The molecule has 1 atom stereocenters. The molecule has 0 fully saturated rings. The molecule has 0 amide bonds. The minimum atomic E-state index is 0.351. The van der Waals surface area contributed by atoms with Crippen LogP contribution in [0.1, 0.15) is 39.5 Å². The molecule has 0 saturated heterocycles. The van der Waals surface area contributed by atoms with Crippen molar-refractivity contribution in [3.8, 4) is 0 Å². The van der Waals surface area contributed by atoms with Crippen LogP contribution in [0.2, 0.25) is 0 Å². The fourth-order valence-corrected chi connectivity index (χ4v) is 2.02. The molecule has 0 radical (unpaired) electrons. The van der Waals surface area contributed by atoms with Crippen LogP contribution >= 0.6 is 9.24 Å². The molecule has 1 nitrogen and oxygen atoms in total. The molecule has 0 aliphatic heterocycles. The molecule has 0 aliphatic rings. The predicted molar refractivity (Wildman–Crippen MR) is 55.9 cm³/mol. The first kappa shape index (κ1) is 11.4. The zero-order valence-electron chi connectivity index (χ0n) is 8.35. The Morgan fingerprint density at radius 2 is 1.45 bits per heavy atom. The molecule has 0 aromatic rings. The smallest absolute Gasteiger partial charge is 0.0344 e. The maximum atomic E-state index is 3.00. The van der Waals surface area contributed by atoms with Gasteiger partial charge in [-0.25, -0.2) is 0 Å². The van der Waals surface area contributed by atoms with Gasteiger partial charge in [-0.15, -0.1) is 9.24 Å². The molecule has 2 heteroatoms. The van der Waals surface area contributed by atoms with E-state index in [1.807, 2.05) is 0 Å². The van der Waals surface area contributed by atoms with Crippen molar-refractivity contribution in [2.24, 2.45) is 0 Å². The Morgan fingerprint density at radius 3 is 1.64 bits per heavy atom. The average Bonchev–Trinajstić information content (AvgIpc) is 1.88. The van der Waals surface area contributed by atoms with Gasteiger partial charge in [0.1, 0.15) is 0 Å². The highest BCUT2D eigenvalue weighted by Gasteiger charge is 2.24. The fraction of sp³-hybridized carbons (Fsp3) is 1.00. The number of hydrogen-bond acceptors (Lipinski definition) is 1. The van der Waals surface area contributed by atoms with Crippen LogP contribution in [0.3, 0.4) is 0 Å². The molecule has 0 bridgehead atoms. The maximum absolute atomic E-state index is 3.00. The Labute approximate surface area is 73.7 Å². The highest BCUT2D eigenvalue weighted by molar-refractivity contribution is 7.18.